The highest BCUT2D eigenvalue weighted by Gasteiger charge is 2.28. The summed E-state index contributed by atoms with van der Waals surface area (Å²) in [4.78, 5) is 45.7. The van der Waals surface area contributed by atoms with E-state index in [0.29, 0.717) is 26.0 Å². The second-order valence-electron chi connectivity index (χ2n) is 6.50. The van der Waals surface area contributed by atoms with E-state index in [9.17, 15) is 19.2 Å². The number of carbonyl (C=O) groups excluding carboxylic acids is 4. The summed E-state index contributed by atoms with van der Waals surface area (Å²) in [7, 11) is 0. The Morgan fingerprint density at radius 3 is 2.27 bits per heavy atom. The van der Waals surface area contributed by atoms with Gasteiger partial charge in [0.2, 0.25) is 11.8 Å². The molecule has 2 N–H and O–H groups in total. The van der Waals surface area contributed by atoms with Crippen molar-refractivity contribution in [2.75, 3.05) is 19.0 Å². The van der Waals surface area contributed by atoms with Gasteiger partial charge in [0.25, 0.3) is 0 Å². The number of rotatable bonds is 14. The van der Waals surface area contributed by atoms with E-state index in [0.717, 1.165) is 44.9 Å². The van der Waals surface area contributed by atoms with Crippen LogP contribution in [0.5, 0.6) is 0 Å². The standard InChI is InChI=1S/C18H29ClN2O5/c19-13-17(24)20-10-7-5-3-1-2-4-6-8-14(22)12-16(23)21-15-9-11-26-18(15)25/h15H,1-13H2,(H,20,24)(H,21,23)/t15-/m0/s1. The van der Waals surface area contributed by atoms with Gasteiger partial charge in [-0.3, -0.25) is 14.4 Å². The first kappa shape index (κ1) is 22.4. The molecule has 0 aromatic carbocycles. The van der Waals surface area contributed by atoms with Gasteiger partial charge in [0, 0.05) is 19.4 Å². The third-order valence-electron chi connectivity index (χ3n) is 4.20. The summed E-state index contributed by atoms with van der Waals surface area (Å²) in [6, 6.07) is -0.599. The molecule has 148 valence electrons. The van der Waals surface area contributed by atoms with E-state index >= 15 is 0 Å². The molecule has 2 amide bonds. The first-order valence-electron chi connectivity index (χ1n) is 9.33. The maximum Gasteiger partial charge on any atom is 0.328 e. The average Bonchev–Trinajstić information content (AvgIpc) is 3.00. The van der Waals surface area contributed by atoms with Crippen molar-refractivity contribution >= 4 is 35.2 Å². The smallest absolute Gasteiger partial charge is 0.328 e. The number of esters is 1. The Labute approximate surface area is 159 Å². The zero-order valence-electron chi connectivity index (χ0n) is 15.2. The number of halogens is 1. The monoisotopic (exact) mass is 388 g/mol. The molecule has 1 fully saturated rings. The first-order valence-corrected chi connectivity index (χ1v) is 9.86. The summed E-state index contributed by atoms with van der Waals surface area (Å²) < 4.78 is 4.76. The minimum Gasteiger partial charge on any atom is -0.464 e. The molecule has 7 nitrogen and oxygen atoms in total. The summed E-state index contributed by atoms with van der Waals surface area (Å²) in [5, 5.41) is 5.27. The molecule has 1 heterocycles. The molecule has 1 saturated heterocycles. The summed E-state index contributed by atoms with van der Waals surface area (Å²) in [6.45, 7) is 0.987. The molecular formula is C18H29ClN2O5. The molecule has 0 aliphatic carbocycles. The van der Waals surface area contributed by atoms with Gasteiger partial charge in [0.05, 0.1) is 13.0 Å². The molecule has 0 radical (unpaired) electrons. The molecule has 26 heavy (non-hydrogen) atoms. The molecular weight excluding hydrogens is 360 g/mol. The third kappa shape index (κ3) is 10.4. The van der Waals surface area contributed by atoms with Crippen molar-refractivity contribution in [2.24, 2.45) is 0 Å². The van der Waals surface area contributed by atoms with Gasteiger partial charge in [-0.15, -0.1) is 11.6 Å². The van der Waals surface area contributed by atoms with Crippen LogP contribution < -0.4 is 10.6 Å². The van der Waals surface area contributed by atoms with Crippen molar-refractivity contribution in [2.45, 2.75) is 70.3 Å². The van der Waals surface area contributed by atoms with Gasteiger partial charge in [-0.1, -0.05) is 32.1 Å². The maximum absolute atomic E-state index is 11.8. The van der Waals surface area contributed by atoms with E-state index < -0.39 is 17.9 Å². The van der Waals surface area contributed by atoms with E-state index in [4.69, 9.17) is 16.3 Å². The SMILES string of the molecule is O=C(CCCCCCCCCNC(=O)CCl)CC(=O)N[C@H]1CCOC1=O. The van der Waals surface area contributed by atoms with E-state index in [1.807, 2.05) is 0 Å². The second-order valence-corrected chi connectivity index (χ2v) is 6.77. The Kier molecular flexibility index (Phi) is 11.7. The van der Waals surface area contributed by atoms with Crippen LogP contribution in [0.3, 0.4) is 0 Å². The van der Waals surface area contributed by atoms with Crippen molar-refractivity contribution < 1.29 is 23.9 Å². The number of hydrogen-bond donors (Lipinski definition) is 2. The third-order valence-corrected chi connectivity index (χ3v) is 4.45. The van der Waals surface area contributed by atoms with Crippen molar-refractivity contribution in [1.29, 1.82) is 0 Å². The molecule has 0 spiro atoms. The van der Waals surface area contributed by atoms with E-state index in [2.05, 4.69) is 10.6 Å². The molecule has 1 rings (SSSR count). The number of nitrogens with one attached hydrogen (secondary N) is 2. The molecule has 0 unspecified atom stereocenters. The Balaban J connectivity index is 1.91. The molecule has 8 heteroatoms. The van der Waals surface area contributed by atoms with Crippen molar-refractivity contribution in [3.8, 4) is 0 Å². The van der Waals surface area contributed by atoms with Gasteiger partial charge >= 0.3 is 5.97 Å². The van der Waals surface area contributed by atoms with Crippen molar-refractivity contribution in [3.05, 3.63) is 0 Å². The number of amides is 2. The predicted octanol–water partition coefficient (Wildman–Crippen LogP) is 1.85. The van der Waals surface area contributed by atoms with Crippen LogP contribution in [0.15, 0.2) is 0 Å². The van der Waals surface area contributed by atoms with Crippen LogP contribution in [0.25, 0.3) is 0 Å². The Hall–Kier alpha value is -1.63. The normalized spacial score (nSPS) is 16.2. The van der Waals surface area contributed by atoms with Crippen LogP contribution in [0, 0.1) is 0 Å². The highest BCUT2D eigenvalue weighted by molar-refractivity contribution is 6.27. The zero-order valence-corrected chi connectivity index (χ0v) is 15.9. The van der Waals surface area contributed by atoms with Crippen LogP contribution in [0.4, 0.5) is 0 Å². The van der Waals surface area contributed by atoms with Gasteiger partial charge in [-0.2, -0.15) is 0 Å². The molecule has 1 aliphatic heterocycles. The topological polar surface area (TPSA) is 102 Å². The Bertz CT molecular complexity index is 484. The van der Waals surface area contributed by atoms with Gasteiger partial charge in [0.15, 0.2) is 0 Å². The number of alkyl halides is 1. The summed E-state index contributed by atoms with van der Waals surface area (Å²) >= 11 is 5.38. The zero-order chi connectivity index (χ0) is 19.2. The Morgan fingerprint density at radius 1 is 1.00 bits per heavy atom. The van der Waals surface area contributed by atoms with E-state index in [-0.39, 0.29) is 24.0 Å². The van der Waals surface area contributed by atoms with Gasteiger partial charge in [-0.25, -0.2) is 4.79 Å². The first-order chi connectivity index (χ1) is 12.5. The number of Topliss-reactive ketones (excluding diaryl/α,β-unsaturated/α-hetero) is 1. The highest BCUT2D eigenvalue weighted by Crippen LogP contribution is 2.10. The fraction of sp³-hybridized carbons (Fsp3) is 0.778. The second kappa shape index (κ2) is 13.6. The largest absolute Gasteiger partial charge is 0.464 e. The lowest BCUT2D eigenvalue weighted by Gasteiger charge is -2.08. The minimum atomic E-state index is -0.599. The molecule has 0 aromatic rings. The van der Waals surface area contributed by atoms with Crippen molar-refractivity contribution in [1.82, 2.24) is 10.6 Å². The molecule has 0 saturated carbocycles. The molecule has 0 aromatic heterocycles. The highest BCUT2D eigenvalue weighted by atomic mass is 35.5. The van der Waals surface area contributed by atoms with E-state index in [1.165, 1.54) is 0 Å². The van der Waals surface area contributed by atoms with Crippen LogP contribution in [-0.2, 0) is 23.9 Å². The summed E-state index contributed by atoms with van der Waals surface area (Å²) in [5.74, 6) is -1.04. The molecule has 1 atom stereocenters. The number of cyclic esters (lactones) is 1. The lowest BCUT2D eigenvalue weighted by molar-refractivity contribution is -0.142. The lowest BCUT2D eigenvalue weighted by atomic mass is 10.1. The predicted molar refractivity (Wildman–Crippen MR) is 97.8 cm³/mol. The summed E-state index contributed by atoms with van der Waals surface area (Å²) in [6.07, 6.45) is 7.71. The molecule has 1 aliphatic rings. The maximum atomic E-state index is 11.8. The minimum absolute atomic E-state index is 0.00744. The molecule has 0 bridgehead atoms. The Morgan fingerprint density at radius 2 is 1.65 bits per heavy atom. The average molecular weight is 389 g/mol. The fourth-order valence-electron chi connectivity index (χ4n) is 2.75. The number of ketones is 1. The number of carbonyl (C=O) groups is 4. The van der Waals surface area contributed by atoms with E-state index in [1.54, 1.807) is 0 Å². The van der Waals surface area contributed by atoms with Crippen LogP contribution in [0.2, 0.25) is 0 Å². The number of hydrogen-bond acceptors (Lipinski definition) is 5. The van der Waals surface area contributed by atoms with Crippen molar-refractivity contribution in [3.63, 3.8) is 0 Å². The number of unbranched alkanes of at least 4 members (excludes halogenated alkanes) is 6. The lowest BCUT2D eigenvalue weighted by Crippen LogP contribution is -2.38. The van der Waals surface area contributed by atoms with Gasteiger partial charge < -0.3 is 15.4 Å². The van der Waals surface area contributed by atoms with Gasteiger partial charge in [0.1, 0.15) is 17.7 Å². The van der Waals surface area contributed by atoms with Crippen LogP contribution >= 0.6 is 11.6 Å². The number of ether oxygens (including phenoxy) is 1. The van der Waals surface area contributed by atoms with Crippen LogP contribution in [-0.4, -0.2) is 48.6 Å². The summed E-state index contributed by atoms with van der Waals surface area (Å²) in [5.41, 5.74) is 0. The fourth-order valence-corrected chi connectivity index (χ4v) is 2.84. The van der Waals surface area contributed by atoms with Crippen LogP contribution in [0.1, 0.15) is 64.2 Å². The quantitative estimate of drug-likeness (QED) is 0.205. The van der Waals surface area contributed by atoms with Gasteiger partial charge in [-0.05, 0) is 12.8 Å².